The highest BCUT2D eigenvalue weighted by Crippen LogP contribution is 2.50. The van der Waals surface area contributed by atoms with Gasteiger partial charge in [-0.15, -0.1) is 0 Å². The van der Waals surface area contributed by atoms with E-state index in [1.54, 1.807) is 6.07 Å². The second kappa shape index (κ2) is 7.80. The largest absolute Gasteiger partial charge is 0.379 e. The summed E-state index contributed by atoms with van der Waals surface area (Å²) in [5.41, 5.74) is 5.58. The number of halogens is 3. The Kier molecular flexibility index (Phi) is 5.87. The summed E-state index contributed by atoms with van der Waals surface area (Å²) in [6.07, 6.45) is 2.72. The SMILES string of the molecule is CCCCc1cc([C@]23CO[C@@H](C)C[C@H]2[C@@H](CF)SC(N)=N3)c(F)cc1F. The molecule has 26 heavy (non-hydrogen) atoms. The van der Waals surface area contributed by atoms with Crippen molar-refractivity contribution in [2.24, 2.45) is 16.6 Å². The summed E-state index contributed by atoms with van der Waals surface area (Å²) >= 11 is 1.20. The average molecular weight is 386 g/mol. The van der Waals surface area contributed by atoms with Crippen LogP contribution in [0.5, 0.6) is 0 Å². The topological polar surface area (TPSA) is 47.6 Å². The average Bonchev–Trinajstić information content (AvgIpc) is 2.60. The Balaban J connectivity index is 2.13. The standard InChI is InChI=1S/C19H25F3N2OS/c1-3-4-5-12-7-13(16(22)8-15(12)21)19-10-25-11(2)6-14(19)17(9-20)26-18(23)24-19/h7-8,11,14,17H,3-6,9-10H2,1-2H3,(H2,23,24)/t11-,14-,17+,19+/m0/s1. The number of benzene rings is 1. The Morgan fingerprint density at radius 1 is 1.35 bits per heavy atom. The molecule has 0 spiro atoms. The Morgan fingerprint density at radius 2 is 2.12 bits per heavy atom. The molecule has 0 radical (unpaired) electrons. The second-order valence-electron chi connectivity index (χ2n) is 7.18. The molecule has 7 heteroatoms. The maximum atomic E-state index is 14.9. The molecule has 144 valence electrons. The van der Waals surface area contributed by atoms with Crippen LogP contribution >= 0.6 is 11.8 Å². The number of unbranched alkanes of at least 4 members (excludes halogenated alkanes) is 1. The molecule has 3 rings (SSSR count). The van der Waals surface area contributed by atoms with Gasteiger partial charge in [0.1, 0.15) is 23.8 Å². The lowest BCUT2D eigenvalue weighted by Gasteiger charge is -2.48. The van der Waals surface area contributed by atoms with Crippen LogP contribution in [0.25, 0.3) is 0 Å². The van der Waals surface area contributed by atoms with Gasteiger partial charge in [-0.25, -0.2) is 18.2 Å². The third kappa shape index (κ3) is 3.48. The second-order valence-corrected chi connectivity index (χ2v) is 8.44. The summed E-state index contributed by atoms with van der Waals surface area (Å²) in [6, 6.07) is 2.47. The van der Waals surface area contributed by atoms with Gasteiger partial charge in [-0.3, -0.25) is 0 Å². The summed E-state index contributed by atoms with van der Waals surface area (Å²) < 4.78 is 48.6. The van der Waals surface area contributed by atoms with Crippen molar-refractivity contribution in [1.82, 2.24) is 0 Å². The molecular formula is C19H25F3N2OS. The molecule has 1 fully saturated rings. The molecule has 0 saturated carbocycles. The molecule has 2 heterocycles. The fourth-order valence-electron chi connectivity index (χ4n) is 3.99. The summed E-state index contributed by atoms with van der Waals surface area (Å²) in [4.78, 5) is 4.55. The first kappa shape index (κ1) is 19.5. The Bertz CT molecular complexity index is 700. The zero-order chi connectivity index (χ0) is 18.9. The highest BCUT2D eigenvalue weighted by atomic mass is 32.2. The third-order valence-electron chi connectivity index (χ3n) is 5.37. The van der Waals surface area contributed by atoms with E-state index in [0.29, 0.717) is 18.4 Å². The van der Waals surface area contributed by atoms with Gasteiger partial charge in [-0.1, -0.05) is 25.1 Å². The fourth-order valence-corrected chi connectivity index (χ4v) is 5.08. The molecule has 4 atom stereocenters. The minimum Gasteiger partial charge on any atom is -0.379 e. The lowest BCUT2D eigenvalue weighted by atomic mass is 9.72. The zero-order valence-electron chi connectivity index (χ0n) is 15.1. The van der Waals surface area contributed by atoms with Crippen molar-refractivity contribution in [1.29, 1.82) is 0 Å². The first-order valence-corrected chi connectivity index (χ1v) is 9.97. The van der Waals surface area contributed by atoms with Crippen molar-refractivity contribution in [3.8, 4) is 0 Å². The Hall–Kier alpha value is -1.21. The van der Waals surface area contributed by atoms with Gasteiger partial charge in [-0.2, -0.15) is 0 Å². The smallest absolute Gasteiger partial charge is 0.155 e. The van der Waals surface area contributed by atoms with Crippen LogP contribution in [-0.4, -0.2) is 29.8 Å². The Morgan fingerprint density at radius 3 is 2.81 bits per heavy atom. The van der Waals surface area contributed by atoms with Crippen LogP contribution in [0.15, 0.2) is 17.1 Å². The molecule has 1 aromatic carbocycles. The number of hydrogen-bond donors (Lipinski definition) is 1. The molecule has 3 nitrogen and oxygen atoms in total. The van der Waals surface area contributed by atoms with E-state index in [9.17, 15) is 13.2 Å². The molecule has 0 aromatic heterocycles. The predicted molar refractivity (Wildman–Crippen MR) is 99.1 cm³/mol. The molecular weight excluding hydrogens is 361 g/mol. The number of aryl methyl sites for hydroxylation is 1. The molecule has 1 aromatic rings. The van der Waals surface area contributed by atoms with Gasteiger partial charge in [0, 0.05) is 22.8 Å². The molecule has 2 N–H and O–H groups in total. The summed E-state index contributed by atoms with van der Waals surface area (Å²) in [6.45, 7) is 3.47. The van der Waals surface area contributed by atoms with Crippen molar-refractivity contribution in [3.05, 3.63) is 34.9 Å². The van der Waals surface area contributed by atoms with Crippen molar-refractivity contribution in [3.63, 3.8) is 0 Å². The molecule has 0 amide bonds. The highest BCUT2D eigenvalue weighted by Gasteiger charge is 2.52. The van der Waals surface area contributed by atoms with E-state index < -0.39 is 29.1 Å². The number of hydrogen-bond acceptors (Lipinski definition) is 4. The number of nitrogens with zero attached hydrogens (tertiary/aromatic N) is 1. The van der Waals surface area contributed by atoms with Crippen LogP contribution in [0.3, 0.4) is 0 Å². The van der Waals surface area contributed by atoms with Crippen LogP contribution in [0.1, 0.15) is 44.2 Å². The van der Waals surface area contributed by atoms with Crippen molar-refractivity contribution < 1.29 is 17.9 Å². The van der Waals surface area contributed by atoms with Gasteiger partial charge in [-0.05, 0) is 37.8 Å². The van der Waals surface area contributed by atoms with E-state index in [4.69, 9.17) is 10.5 Å². The summed E-state index contributed by atoms with van der Waals surface area (Å²) in [7, 11) is 0. The lowest BCUT2D eigenvalue weighted by molar-refractivity contribution is -0.0558. The maximum absolute atomic E-state index is 14.9. The van der Waals surface area contributed by atoms with Gasteiger partial charge in [0.2, 0.25) is 0 Å². The van der Waals surface area contributed by atoms with E-state index >= 15 is 0 Å². The van der Waals surface area contributed by atoms with Crippen LogP contribution < -0.4 is 5.73 Å². The monoisotopic (exact) mass is 386 g/mol. The first-order chi connectivity index (χ1) is 12.4. The van der Waals surface area contributed by atoms with E-state index in [0.717, 1.165) is 18.9 Å². The third-order valence-corrected chi connectivity index (χ3v) is 6.46. The number of aliphatic imine (C=N–C) groups is 1. The summed E-state index contributed by atoms with van der Waals surface area (Å²) in [5.74, 6) is -1.48. The van der Waals surface area contributed by atoms with Crippen molar-refractivity contribution in [2.75, 3.05) is 13.3 Å². The van der Waals surface area contributed by atoms with E-state index in [2.05, 4.69) is 4.99 Å². The van der Waals surface area contributed by atoms with E-state index in [1.807, 2.05) is 13.8 Å². The van der Waals surface area contributed by atoms with Gasteiger partial charge >= 0.3 is 0 Å². The minimum absolute atomic E-state index is 0.0691. The number of ether oxygens (including phenoxy) is 1. The van der Waals surface area contributed by atoms with Crippen molar-refractivity contribution in [2.45, 2.75) is 56.4 Å². The number of alkyl halides is 1. The number of thioether (sulfide) groups is 1. The van der Waals surface area contributed by atoms with Crippen LogP contribution in [-0.2, 0) is 16.7 Å². The lowest BCUT2D eigenvalue weighted by Crippen LogP contribution is -2.53. The van der Waals surface area contributed by atoms with Crippen LogP contribution in [0, 0.1) is 17.6 Å². The van der Waals surface area contributed by atoms with Crippen molar-refractivity contribution >= 4 is 16.9 Å². The molecule has 0 unspecified atom stereocenters. The van der Waals surface area contributed by atoms with E-state index in [1.165, 1.54) is 11.8 Å². The van der Waals surface area contributed by atoms with Gasteiger partial charge in [0.25, 0.3) is 0 Å². The molecule has 2 aliphatic heterocycles. The molecule has 0 bridgehead atoms. The van der Waals surface area contributed by atoms with Gasteiger partial charge in [0.05, 0.1) is 12.7 Å². The minimum atomic E-state index is -1.10. The Labute approximate surface area is 156 Å². The van der Waals surface area contributed by atoms with Crippen LogP contribution in [0.2, 0.25) is 0 Å². The number of rotatable bonds is 5. The number of nitrogens with two attached hydrogens (primary N) is 1. The van der Waals surface area contributed by atoms with Gasteiger partial charge < -0.3 is 10.5 Å². The van der Waals surface area contributed by atoms with Gasteiger partial charge in [0.15, 0.2) is 5.17 Å². The van der Waals surface area contributed by atoms with Crippen LogP contribution in [0.4, 0.5) is 13.2 Å². The molecule has 2 aliphatic rings. The number of amidine groups is 1. The normalized spacial score (nSPS) is 31.4. The quantitative estimate of drug-likeness (QED) is 0.820. The highest BCUT2D eigenvalue weighted by molar-refractivity contribution is 8.14. The summed E-state index contributed by atoms with van der Waals surface area (Å²) in [5, 5.41) is -0.191. The molecule has 1 saturated heterocycles. The molecule has 0 aliphatic carbocycles. The van der Waals surface area contributed by atoms with E-state index in [-0.39, 0.29) is 29.4 Å². The first-order valence-electron chi connectivity index (χ1n) is 9.09. The fraction of sp³-hybridized carbons (Fsp3) is 0.632. The maximum Gasteiger partial charge on any atom is 0.155 e. The predicted octanol–water partition coefficient (Wildman–Crippen LogP) is 4.33. The number of fused-ring (bicyclic) bond motifs is 1. The zero-order valence-corrected chi connectivity index (χ0v) is 15.9.